The van der Waals surface area contributed by atoms with Gasteiger partial charge in [0.25, 0.3) is 0 Å². The molecular formula is C17H25N3. The van der Waals surface area contributed by atoms with Crippen molar-refractivity contribution in [2.24, 2.45) is 0 Å². The minimum atomic E-state index is 0.131. The lowest BCUT2D eigenvalue weighted by molar-refractivity contribution is 0.566. The second kappa shape index (κ2) is 5.80. The standard InChI is InChI=1S/C17H25N3/c1-6-20-12-13(11-19-20)16(18-5)14-9-7-8-10-15(14)17(2,3)4/h7-12,16,18H,6H2,1-5H3. The molecule has 0 aliphatic rings. The predicted octanol–water partition coefficient (Wildman–Crippen LogP) is 3.51. The van der Waals surface area contributed by atoms with Crippen LogP contribution in [0.4, 0.5) is 0 Å². The van der Waals surface area contributed by atoms with Crippen LogP contribution in [-0.2, 0) is 12.0 Å². The maximum atomic E-state index is 4.40. The number of nitrogens with zero attached hydrogens (tertiary/aromatic N) is 2. The van der Waals surface area contributed by atoms with Gasteiger partial charge in [-0.25, -0.2) is 0 Å². The smallest absolute Gasteiger partial charge is 0.0608 e. The number of hydrogen-bond donors (Lipinski definition) is 1. The van der Waals surface area contributed by atoms with Crippen molar-refractivity contribution >= 4 is 0 Å². The number of nitrogens with one attached hydrogen (secondary N) is 1. The second-order valence-corrected chi connectivity index (χ2v) is 6.19. The molecule has 3 nitrogen and oxygen atoms in total. The first-order chi connectivity index (χ1) is 9.47. The number of rotatable bonds is 4. The Kier molecular flexibility index (Phi) is 4.29. The van der Waals surface area contributed by atoms with Gasteiger partial charge < -0.3 is 5.32 Å². The highest BCUT2D eigenvalue weighted by molar-refractivity contribution is 5.39. The van der Waals surface area contributed by atoms with Gasteiger partial charge in [0.1, 0.15) is 0 Å². The molecule has 0 aliphatic heterocycles. The summed E-state index contributed by atoms with van der Waals surface area (Å²) in [6, 6.07) is 8.85. The first kappa shape index (κ1) is 14.8. The molecule has 0 bridgehead atoms. The van der Waals surface area contributed by atoms with Crippen molar-refractivity contribution in [3.63, 3.8) is 0 Å². The summed E-state index contributed by atoms with van der Waals surface area (Å²) in [4.78, 5) is 0. The molecule has 0 aliphatic carbocycles. The monoisotopic (exact) mass is 271 g/mol. The van der Waals surface area contributed by atoms with E-state index in [2.05, 4.69) is 68.6 Å². The van der Waals surface area contributed by atoms with Crippen molar-refractivity contribution in [3.8, 4) is 0 Å². The summed E-state index contributed by atoms with van der Waals surface area (Å²) in [6.45, 7) is 9.78. The van der Waals surface area contributed by atoms with Crippen molar-refractivity contribution < 1.29 is 0 Å². The van der Waals surface area contributed by atoms with E-state index in [0.717, 1.165) is 6.54 Å². The first-order valence-electron chi connectivity index (χ1n) is 7.26. The van der Waals surface area contributed by atoms with Crippen LogP contribution in [-0.4, -0.2) is 16.8 Å². The lowest BCUT2D eigenvalue weighted by Gasteiger charge is -2.27. The van der Waals surface area contributed by atoms with Crippen molar-refractivity contribution in [3.05, 3.63) is 53.3 Å². The molecule has 0 saturated carbocycles. The Morgan fingerprint density at radius 1 is 1.25 bits per heavy atom. The van der Waals surface area contributed by atoms with Crippen LogP contribution in [0.3, 0.4) is 0 Å². The summed E-state index contributed by atoms with van der Waals surface area (Å²) >= 11 is 0. The molecule has 1 heterocycles. The van der Waals surface area contributed by atoms with E-state index < -0.39 is 0 Å². The fourth-order valence-electron chi connectivity index (χ4n) is 2.64. The summed E-state index contributed by atoms with van der Waals surface area (Å²) in [7, 11) is 2.01. The van der Waals surface area contributed by atoms with Crippen LogP contribution in [0.1, 0.15) is 50.4 Å². The molecule has 0 spiro atoms. The van der Waals surface area contributed by atoms with Gasteiger partial charge in [-0.15, -0.1) is 0 Å². The molecule has 1 N–H and O–H groups in total. The van der Waals surface area contributed by atoms with Gasteiger partial charge >= 0.3 is 0 Å². The minimum Gasteiger partial charge on any atom is -0.309 e. The fourth-order valence-corrected chi connectivity index (χ4v) is 2.64. The molecule has 20 heavy (non-hydrogen) atoms. The van der Waals surface area contributed by atoms with Gasteiger partial charge in [0.05, 0.1) is 12.2 Å². The van der Waals surface area contributed by atoms with Crippen LogP contribution in [0.5, 0.6) is 0 Å². The third kappa shape index (κ3) is 2.93. The minimum absolute atomic E-state index is 0.131. The molecule has 0 amide bonds. The van der Waals surface area contributed by atoms with Crippen LogP contribution in [0.2, 0.25) is 0 Å². The summed E-state index contributed by atoms with van der Waals surface area (Å²) in [5.41, 5.74) is 4.06. The van der Waals surface area contributed by atoms with Crippen molar-refractivity contribution in [1.82, 2.24) is 15.1 Å². The summed E-state index contributed by atoms with van der Waals surface area (Å²) in [5, 5.41) is 7.83. The number of aromatic nitrogens is 2. The van der Waals surface area contributed by atoms with E-state index in [1.54, 1.807) is 0 Å². The Hall–Kier alpha value is -1.61. The van der Waals surface area contributed by atoms with E-state index in [-0.39, 0.29) is 11.5 Å². The van der Waals surface area contributed by atoms with Gasteiger partial charge in [0, 0.05) is 18.3 Å². The average molecular weight is 271 g/mol. The molecule has 2 aromatic rings. The molecule has 0 radical (unpaired) electrons. The quantitative estimate of drug-likeness (QED) is 0.922. The zero-order chi connectivity index (χ0) is 14.8. The lowest BCUT2D eigenvalue weighted by Crippen LogP contribution is -2.23. The van der Waals surface area contributed by atoms with E-state index in [1.807, 2.05) is 17.9 Å². The molecule has 108 valence electrons. The van der Waals surface area contributed by atoms with Crippen molar-refractivity contribution in [2.45, 2.75) is 45.7 Å². The molecule has 0 saturated heterocycles. The Labute approximate surface area is 122 Å². The topological polar surface area (TPSA) is 29.9 Å². The van der Waals surface area contributed by atoms with E-state index in [0.29, 0.717) is 0 Å². The maximum Gasteiger partial charge on any atom is 0.0608 e. The molecule has 3 heteroatoms. The molecule has 1 unspecified atom stereocenters. The zero-order valence-electron chi connectivity index (χ0n) is 13.1. The fraction of sp³-hybridized carbons (Fsp3) is 0.471. The number of aryl methyl sites for hydroxylation is 1. The highest BCUT2D eigenvalue weighted by Gasteiger charge is 2.23. The molecule has 1 atom stereocenters. The molecule has 1 aromatic heterocycles. The van der Waals surface area contributed by atoms with Gasteiger partial charge in [0.15, 0.2) is 0 Å². The average Bonchev–Trinajstić information content (AvgIpc) is 2.88. The third-order valence-corrected chi connectivity index (χ3v) is 3.68. The van der Waals surface area contributed by atoms with Crippen LogP contribution in [0.25, 0.3) is 0 Å². The van der Waals surface area contributed by atoms with Gasteiger partial charge in [-0.1, -0.05) is 45.0 Å². The third-order valence-electron chi connectivity index (χ3n) is 3.68. The van der Waals surface area contributed by atoms with Crippen molar-refractivity contribution in [2.75, 3.05) is 7.05 Å². The van der Waals surface area contributed by atoms with Crippen molar-refractivity contribution in [1.29, 1.82) is 0 Å². The second-order valence-electron chi connectivity index (χ2n) is 6.19. The molecular weight excluding hydrogens is 246 g/mol. The number of benzene rings is 1. The maximum absolute atomic E-state index is 4.40. The summed E-state index contributed by atoms with van der Waals surface area (Å²) in [6.07, 6.45) is 4.09. The highest BCUT2D eigenvalue weighted by atomic mass is 15.3. The Morgan fingerprint density at radius 2 is 1.95 bits per heavy atom. The molecule has 1 aromatic carbocycles. The Balaban J connectivity index is 2.47. The zero-order valence-corrected chi connectivity index (χ0v) is 13.1. The van der Waals surface area contributed by atoms with Crippen LogP contribution < -0.4 is 5.32 Å². The predicted molar refractivity (Wildman–Crippen MR) is 83.9 cm³/mol. The lowest BCUT2D eigenvalue weighted by atomic mass is 9.81. The number of hydrogen-bond acceptors (Lipinski definition) is 2. The van der Waals surface area contributed by atoms with Crippen LogP contribution >= 0.6 is 0 Å². The Bertz CT molecular complexity index is 564. The summed E-state index contributed by atoms with van der Waals surface area (Å²) in [5.74, 6) is 0. The van der Waals surface area contributed by atoms with Crippen LogP contribution in [0.15, 0.2) is 36.7 Å². The van der Waals surface area contributed by atoms with Gasteiger partial charge in [-0.3, -0.25) is 4.68 Å². The van der Waals surface area contributed by atoms with E-state index >= 15 is 0 Å². The summed E-state index contributed by atoms with van der Waals surface area (Å²) < 4.78 is 1.97. The molecule has 0 fully saturated rings. The van der Waals surface area contributed by atoms with Crippen LogP contribution in [0, 0.1) is 0 Å². The largest absolute Gasteiger partial charge is 0.309 e. The van der Waals surface area contributed by atoms with E-state index in [9.17, 15) is 0 Å². The SMILES string of the molecule is CCn1cc(C(NC)c2ccccc2C(C)(C)C)cn1. The van der Waals surface area contributed by atoms with E-state index in [1.165, 1.54) is 16.7 Å². The van der Waals surface area contributed by atoms with Gasteiger partial charge in [-0.05, 0) is 30.5 Å². The molecule has 2 rings (SSSR count). The highest BCUT2D eigenvalue weighted by Crippen LogP contribution is 2.32. The Morgan fingerprint density at radius 3 is 2.50 bits per heavy atom. The normalized spacial score (nSPS) is 13.4. The van der Waals surface area contributed by atoms with E-state index in [4.69, 9.17) is 0 Å². The van der Waals surface area contributed by atoms with Gasteiger partial charge in [-0.2, -0.15) is 5.10 Å². The first-order valence-corrected chi connectivity index (χ1v) is 7.26. The van der Waals surface area contributed by atoms with Gasteiger partial charge in [0.2, 0.25) is 0 Å².